The minimum Gasteiger partial charge on any atom is -0.366 e. The molecule has 2 aromatic heterocycles. The molecule has 0 saturated heterocycles. The Labute approximate surface area is 183 Å². The van der Waals surface area contributed by atoms with Gasteiger partial charge in [0.25, 0.3) is 11.8 Å². The molecule has 3 aromatic rings. The van der Waals surface area contributed by atoms with Crippen LogP contribution in [0.15, 0.2) is 43.1 Å². The van der Waals surface area contributed by atoms with Gasteiger partial charge >= 0.3 is 6.18 Å². The van der Waals surface area contributed by atoms with E-state index >= 15 is 0 Å². The zero-order valence-electron chi connectivity index (χ0n) is 15.9. The highest BCUT2D eigenvalue weighted by Gasteiger charge is 2.36. The number of halogens is 4. The molecule has 8 nitrogen and oxygen atoms in total. The average molecular weight is 461 g/mol. The van der Waals surface area contributed by atoms with Gasteiger partial charge in [-0.2, -0.15) is 23.5 Å². The van der Waals surface area contributed by atoms with E-state index < -0.39 is 29.4 Å². The SMILES string of the molecule is C=Cc1cc(C#N)cc(C(N)=O)c1NC(=O)c1cc(C(F)(F)F)nn1-c1ncccc1Cl. The number of carbonyl (C=O) groups is 2. The maximum atomic E-state index is 13.3. The van der Waals surface area contributed by atoms with Crippen LogP contribution < -0.4 is 11.1 Å². The van der Waals surface area contributed by atoms with Crippen LogP contribution in [0.5, 0.6) is 0 Å². The molecule has 0 saturated carbocycles. The monoisotopic (exact) mass is 460 g/mol. The lowest BCUT2D eigenvalue weighted by Crippen LogP contribution is -2.22. The summed E-state index contributed by atoms with van der Waals surface area (Å²) in [5.41, 5.74) is 3.29. The lowest BCUT2D eigenvalue weighted by molar-refractivity contribution is -0.141. The fraction of sp³-hybridized carbons (Fsp3) is 0.0500. The number of carbonyl (C=O) groups excluding carboxylic acids is 2. The van der Waals surface area contributed by atoms with Crippen LogP contribution in [0, 0.1) is 11.3 Å². The van der Waals surface area contributed by atoms with Gasteiger partial charge in [0.15, 0.2) is 11.5 Å². The highest BCUT2D eigenvalue weighted by molar-refractivity contribution is 6.32. The number of hydrogen-bond acceptors (Lipinski definition) is 5. The third kappa shape index (κ3) is 4.30. The van der Waals surface area contributed by atoms with Gasteiger partial charge in [0.1, 0.15) is 5.69 Å². The molecule has 2 amide bonds. The number of anilines is 1. The maximum Gasteiger partial charge on any atom is 0.435 e. The van der Waals surface area contributed by atoms with Crippen LogP contribution in [0.2, 0.25) is 5.02 Å². The molecule has 162 valence electrons. The lowest BCUT2D eigenvalue weighted by Gasteiger charge is -2.14. The highest BCUT2D eigenvalue weighted by atomic mass is 35.5. The molecule has 0 fully saturated rings. The molecule has 12 heteroatoms. The van der Waals surface area contributed by atoms with Crippen molar-refractivity contribution in [3.63, 3.8) is 0 Å². The van der Waals surface area contributed by atoms with E-state index in [1.165, 1.54) is 30.5 Å². The summed E-state index contributed by atoms with van der Waals surface area (Å²) in [5.74, 6) is -2.25. The molecular weight excluding hydrogens is 449 g/mol. The van der Waals surface area contributed by atoms with Crippen molar-refractivity contribution in [2.24, 2.45) is 5.73 Å². The average Bonchev–Trinajstić information content (AvgIpc) is 3.19. The second-order valence-corrected chi connectivity index (χ2v) is 6.66. The van der Waals surface area contributed by atoms with Crippen LogP contribution in [-0.2, 0) is 6.18 Å². The third-order valence-electron chi connectivity index (χ3n) is 4.19. The first kappa shape index (κ1) is 22.5. The first-order valence-electron chi connectivity index (χ1n) is 8.66. The molecule has 3 rings (SSSR count). The molecule has 0 aliphatic rings. The number of aromatic nitrogens is 3. The molecule has 0 aliphatic heterocycles. The van der Waals surface area contributed by atoms with Gasteiger partial charge in [0.05, 0.1) is 27.9 Å². The number of alkyl halides is 3. The Kier molecular flexibility index (Phi) is 6.00. The van der Waals surface area contributed by atoms with Crippen molar-refractivity contribution in [1.82, 2.24) is 14.8 Å². The van der Waals surface area contributed by atoms with Gasteiger partial charge in [-0.25, -0.2) is 9.67 Å². The lowest BCUT2D eigenvalue weighted by atomic mass is 10.0. The number of nitrogens with zero attached hydrogens (tertiary/aromatic N) is 4. The van der Waals surface area contributed by atoms with Crippen molar-refractivity contribution < 1.29 is 22.8 Å². The van der Waals surface area contributed by atoms with Crippen molar-refractivity contribution in [2.75, 3.05) is 5.32 Å². The van der Waals surface area contributed by atoms with Crippen molar-refractivity contribution in [2.45, 2.75) is 6.18 Å². The van der Waals surface area contributed by atoms with Gasteiger partial charge < -0.3 is 11.1 Å². The molecule has 0 unspecified atom stereocenters. The molecule has 0 spiro atoms. The number of benzene rings is 1. The molecule has 32 heavy (non-hydrogen) atoms. The van der Waals surface area contributed by atoms with Crippen LogP contribution in [0.1, 0.15) is 37.7 Å². The van der Waals surface area contributed by atoms with E-state index in [0.717, 1.165) is 6.07 Å². The molecule has 2 heterocycles. The highest BCUT2D eigenvalue weighted by Crippen LogP contribution is 2.31. The summed E-state index contributed by atoms with van der Waals surface area (Å²) in [6, 6.07) is 7.63. The Morgan fingerprint density at radius 1 is 1.31 bits per heavy atom. The summed E-state index contributed by atoms with van der Waals surface area (Å²) < 4.78 is 40.5. The number of pyridine rings is 1. The quantitative estimate of drug-likeness (QED) is 0.598. The maximum absolute atomic E-state index is 13.3. The Morgan fingerprint density at radius 2 is 2.03 bits per heavy atom. The largest absolute Gasteiger partial charge is 0.435 e. The molecule has 0 aliphatic carbocycles. The summed E-state index contributed by atoms with van der Waals surface area (Å²) in [6.07, 6.45) is -2.35. The number of hydrogen-bond donors (Lipinski definition) is 2. The van der Waals surface area contributed by atoms with E-state index in [1.54, 1.807) is 0 Å². The molecule has 3 N–H and O–H groups in total. The standard InChI is InChI=1S/C20H12ClF3N6O2/c1-2-11-6-10(9-25)7-12(17(26)31)16(11)28-19(32)14-8-15(20(22,23)24)29-30(14)18-13(21)4-3-5-27-18/h2-8H,1H2,(H2,26,31)(H,28,32). The second kappa shape index (κ2) is 8.52. The van der Waals surface area contributed by atoms with E-state index in [2.05, 4.69) is 22.0 Å². The summed E-state index contributed by atoms with van der Waals surface area (Å²) >= 11 is 6.03. The summed E-state index contributed by atoms with van der Waals surface area (Å²) in [6.45, 7) is 3.55. The summed E-state index contributed by atoms with van der Waals surface area (Å²) in [5, 5.41) is 14.9. The van der Waals surface area contributed by atoms with Crippen molar-refractivity contribution in [3.05, 3.63) is 76.2 Å². The predicted octanol–water partition coefficient (Wildman–Crippen LogP) is 3.81. The Bertz CT molecular complexity index is 1290. The summed E-state index contributed by atoms with van der Waals surface area (Å²) in [7, 11) is 0. The number of nitrogens with one attached hydrogen (secondary N) is 1. The van der Waals surface area contributed by atoms with Gasteiger partial charge in [-0.1, -0.05) is 24.3 Å². The van der Waals surface area contributed by atoms with E-state index in [1.807, 2.05) is 6.07 Å². The Balaban J connectivity index is 2.17. The smallest absolute Gasteiger partial charge is 0.366 e. The number of primary amides is 1. The van der Waals surface area contributed by atoms with E-state index in [-0.39, 0.29) is 33.2 Å². The topological polar surface area (TPSA) is 127 Å². The fourth-order valence-electron chi connectivity index (χ4n) is 2.78. The molecular formula is C20H12ClF3N6O2. The zero-order valence-corrected chi connectivity index (χ0v) is 16.7. The van der Waals surface area contributed by atoms with Crippen molar-refractivity contribution in [1.29, 1.82) is 5.26 Å². The number of nitriles is 1. The van der Waals surface area contributed by atoms with Gasteiger partial charge in [-0.05, 0) is 29.8 Å². The van der Waals surface area contributed by atoms with E-state index in [0.29, 0.717) is 10.7 Å². The fourth-order valence-corrected chi connectivity index (χ4v) is 2.98. The minimum absolute atomic E-state index is 0.0543. The van der Waals surface area contributed by atoms with Crippen LogP contribution in [0.25, 0.3) is 11.9 Å². The van der Waals surface area contributed by atoms with Crippen LogP contribution in [-0.4, -0.2) is 26.6 Å². The van der Waals surface area contributed by atoms with Crippen LogP contribution in [0.4, 0.5) is 18.9 Å². The second-order valence-electron chi connectivity index (χ2n) is 6.26. The number of rotatable bonds is 5. The van der Waals surface area contributed by atoms with Gasteiger partial charge in [0, 0.05) is 12.3 Å². The first-order valence-corrected chi connectivity index (χ1v) is 9.04. The Hall–Kier alpha value is -4.17. The van der Waals surface area contributed by atoms with E-state index in [9.17, 15) is 22.8 Å². The molecule has 1 aromatic carbocycles. The van der Waals surface area contributed by atoms with Crippen molar-refractivity contribution in [3.8, 4) is 11.9 Å². The molecule has 0 radical (unpaired) electrons. The predicted molar refractivity (Wildman–Crippen MR) is 109 cm³/mol. The molecule has 0 atom stereocenters. The number of nitrogens with two attached hydrogens (primary N) is 1. The number of amides is 2. The van der Waals surface area contributed by atoms with Gasteiger partial charge in [-0.3, -0.25) is 9.59 Å². The van der Waals surface area contributed by atoms with Crippen molar-refractivity contribution >= 4 is 35.2 Å². The third-order valence-corrected chi connectivity index (χ3v) is 4.49. The first-order chi connectivity index (χ1) is 15.1. The Morgan fingerprint density at radius 3 is 2.59 bits per heavy atom. The van der Waals surface area contributed by atoms with Gasteiger partial charge in [-0.15, -0.1) is 0 Å². The van der Waals surface area contributed by atoms with Gasteiger partial charge in [0.2, 0.25) is 0 Å². The van der Waals surface area contributed by atoms with E-state index in [4.69, 9.17) is 22.6 Å². The minimum atomic E-state index is -4.86. The van der Waals surface area contributed by atoms with Crippen LogP contribution >= 0.6 is 11.6 Å². The van der Waals surface area contributed by atoms with Crippen LogP contribution in [0.3, 0.4) is 0 Å². The summed E-state index contributed by atoms with van der Waals surface area (Å²) in [4.78, 5) is 28.8. The molecule has 0 bridgehead atoms. The zero-order chi connectivity index (χ0) is 23.6. The normalized spacial score (nSPS) is 11.0.